The molecule has 0 atom stereocenters. The largest absolute Gasteiger partial charge is 0.347 e. The zero-order chi connectivity index (χ0) is 11.0. The van der Waals surface area contributed by atoms with Crippen molar-refractivity contribution < 1.29 is 4.79 Å². The van der Waals surface area contributed by atoms with Crippen molar-refractivity contribution in [1.82, 2.24) is 4.57 Å². The molecule has 2 heteroatoms. The average Bonchev–Trinajstić information content (AvgIpc) is 2.65. The molecule has 82 valence electrons. The Kier molecular flexibility index (Phi) is 2.28. The van der Waals surface area contributed by atoms with Crippen LogP contribution in [0.25, 0.3) is 10.9 Å². The van der Waals surface area contributed by atoms with E-state index in [1.807, 2.05) is 12.1 Å². The van der Waals surface area contributed by atoms with Crippen LogP contribution in [0.1, 0.15) is 29.6 Å². The molecule has 0 amide bonds. The molecular weight excluding hydrogens is 198 g/mol. The van der Waals surface area contributed by atoms with Crippen molar-refractivity contribution in [3.63, 3.8) is 0 Å². The van der Waals surface area contributed by atoms with Crippen LogP contribution in [0.2, 0.25) is 0 Å². The summed E-state index contributed by atoms with van der Waals surface area (Å²) in [7, 11) is 0. The van der Waals surface area contributed by atoms with Gasteiger partial charge < -0.3 is 4.57 Å². The summed E-state index contributed by atoms with van der Waals surface area (Å²) in [5.41, 5.74) is 2.01. The van der Waals surface area contributed by atoms with Crippen molar-refractivity contribution >= 4 is 17.2 Å². The summed E-state index contributed by atoms with van der Waals surface area (Å²) in [4.78, 5) is 10.7. The molecule has 0 spiro atoms. The highest BCUT2D eigenvalue weighted by Crippen LogP contribution is 2.29. The van der Waals surface area contributed by atoms with Crippen LogP contribution in [-0.4, -0.2) is 10.9 Å². The number of rotatable bonds is 3. The van der Waals surface area contributed by atoms with E-state index in [0.717, 1.165) is 24.3 Å². The van der Waals surface area contributed by atoms with Gasteiger partial charge >= 0.3 is 0 Å². The number of carbonyl (C=O) groups is 1. The molecular formula is C14H15NO. The third-order valence-electron chi connectivity index (χ3n) is 3.61. The lowest BCUT2D eigenvalue weighted by Crippen LogP contribution is -2.17. The van der Waals surface area contributed by atoms with Gasteiger partial charge in [-0.05, 0) is 43.0 Å². The fourth-order valence-corrected chi connectivity index (χ4v) is 2.40. The molecule has 1 aromatic carbocycles. The van der Waals surface area contributed by atoms with Gasteiger partial charge in [-0.2, -0.15) is 0 Å². The number of benzene rings is 1. The van der Waals surface area contributed by atoms with E-state index >= 15 is 0 Å². The molecule has 0 saturated heterocycles. The molecule has 1 aromatic heterocycles. The highest BCUT2D eigenvalue weighted by atomic mass is 16.1. The number of aldehydes is 1. The number of hydrogen-bond donors (Lipinski definition) is 0. The Morgan fingerprint density at radius 1 is 1.31 bits per heavy atom. The minimum atomic E-state index is 0.758. The Labute approximate surface area is 94.9 Å². The molecule has 0 radical (unpaired) electrons. The zero-order valence-electron chi connectivity index (χ0n) is 9.23. The summed E-state index contributed by atoms with van der Waals surface area (Å²) >= 11 is 0. The van der Waals surface area contributed by atoms with Crippen LogP contribution in [0.3, 0.4) is 0 Å². The number of nitrogens with zero attached hydrogens (tertiary/aromatic N) is 1. The highest BCUT2D eigenvalue weighted by Gasteiger charge is 2.18. The van der Waals surface area contributed by atoms with Gasteiger partial charge in [0.1, 0.15) is 6.29 Å². The number of hydrogen-bond acceptors (Lipinski definition) is 1. The third-order valence-corrected chi connectivity index (χ3v) is 3.61. The molecule has 1 heterocycles. The Morgan fingerprint density at radius 3 is 2.88 bits per heavy atom. The maximum atomic E-state index is 10.7. The predicted octanol–water partition coefficient (Wildman–Crippen LogP) is 3.25. The Morgan fingerprint density at radius 2 is 2.19 bits per heavy atom. The normalized spacial score (nSPS) is 16.2. The maximum absolute atomic E-state index is 10.7. The van der Waals surface area contributed by atoms with Crippen LogP contribution in [0.15, 0.2) is 30.5 Å². The molecule has 1 aliphatic carbocycles. The monoisotopic (exact) mass is 213 g/mol. The number of carbonyl (C=O) groups excluding carboxylic acids is 1. The zero-order valence-corrected chi connectivity index (χ0v) is 9.23. The van der Waals surface area contributed by atoms with Crippen molar-refractivity contribution in [3.05, 3.63) is 36.0 Å². The Hall–Kier alpha value is -1.57. The first kappa shape index (κ1) is 9.64. The van der Waals surface area contributed by atoms with Gasteiger partial charge in [0.2, 0.25) is 0 Å². The first-order valence-electron chi connectivity index (χ1n) is 5.91. The van der Waals surface area contributed by atoms with Crippen molar-refractivity contribution in [3.8, 4) is 0 Å². The molecule has 0 N–H and O–H groups in total. The molecule has 1 saturated carbocycles. The molecule has 0 aliphatic heterocycles. The first-order chi connectivity index (χ1) is 7.86. The average molecular weight is 213 g/mol. The quantitative estimate of drug-likeness (QED) is 0.717. The van der Waals surface area contributed by atoms with Gasteiger partial charge in [-0.3, -0.25) is 4.79 Å². The predicted molar refractivity (Wildman–Crippen MR) is 64.7 cm³/mol. The van der Waals surface area contributed by atoms with E-state index in [1.165, 1.54) is 30.2 Å². The molecule has 2 nitrogen and oxygen atoms in total. The molecule has 3 rings (SSSR count). The first-order valence-corrected chi connectivity index (χ1v) is 5.91. The highest BCUT2D eigenvalue weighted by molar-refractivity contribution is 5.87. The van der Waals surface area contributed by atoms with Crippen LogP contribution in [0, 0.1) is 5.92 Å². The van der Waals surface area contributed by atoms with Crippen molar-refractivity contribution in [2.45, 2.75) is 25.8 Å². The van der Waals surface area contributed by atoms with Gasteiger partial charge in [0.05, 0.1) is 0 Å². The molecule has 1 fully saturated rings. The summed E-state index contributed by atoms with van der Waals surface area (Å²) < 4.78 is 2.31. The molecule has 0 bridgehead atoms. The standard InChI is InChI=1S/C14H15NO/c16-10-12-4-5-14-13(8-12)6-7-15(14)9-11-2-1-3-11/h4-8,10-11H,1-3,9H2. The summed E-state index contributed by atoms with van der Waals surface area (Å²) in [6.45, 7) is 1.13. The lowest BCUT2D eigenvalue weighted by Gasteiger charge is -2.26. The topological polar surface area (TPSA) is 22.0 Å². The van der Waals surface area contributed by atoms with Crippen molar-refractivity contribution in [2.75, 3.05) is 0 Å². The van der Waals surface area contributed by atoms with Gasteiger partial charge in [-0.25, -0.2) is 0 Å². The molecule has 16 heavy (non-hydrogen) atoms. The smallest absolute Gasteiger partial charge is 0.150 e. The van der Waals surface area contributed by atoms with Crippen LogP contribution in [0.4, 0.5) is 0 Å². The Bertz CT molecular complexity index is 523. The molecule has 1 aliphatic rings. The van der Waals surface area contributed by atoms with Gasteiger partial charge in [0.15, 0.2) is 0 Å². The minimum absolute atomic E-state index is 0.758. The van der Waals surface area contributed by atoms with E-state index < -0.39 is 0 Å². The van der Waals surface area contributed by atoms with Gasteiger partial charge in [-0.15, -0.1) is 0 Å². The second-order valence-corrected chi connectivity index (χ2v) is 4.70. The minimum Gasteiger partial charge on any atom is -0.347 e. The summed E-state index contributed by atoms with van der Waals surface area (Å²) in [6, 6.07) is 8.00. The lowest BCUT2D eigenvalue weighted by atomic mass is 9.85. The summed E-state index contributed by atoms with van der Waals surface area (Å²) in [5, 5.41) is 1.17. The summed E-state index contributed by atoms with van der Waals surface area (Å²) in [5.74, 6) is 0.862. The van der Waals surface area contributed by atoms with Crippen LogP contribution in [0.5, 0.6) is 0 Å². The van der Waals surface area contributed by atoms with E-state index in [-0.39, 0.29) is 0 Å². The van der Waals surface area contributed by atoms with E-state index in [4.69, 9.17) is 0 Å². The van der Waals surface area contributed by atoms with Crippen molar-refractivity contribution in [1.29, 1.82) is 0 Å². The van der Waals surface area contributed by atoms with Gasteiger partial charge in [-0.1, -0.05) is 6.42 Å². The van der Waals surface area contributed by atoms with Crippen LogP contribution < -0.4 is 0 Å². The fourth-order valence-electron chi connectivity index (χ4n) is 2.40. The van der Waals surface area contributed by atoms with Crippen molar-refractivity contribution in [2.24, 2.45) is 5.92 Å². The maximum Gasteiger partial charge on any atom is 0.150 e. The van der Waals surface area contributed by atoms with E-state index in [1.54, 1.807) is 0 Å². The van der Waals surface area contributed by atoms with Crippen LogP contribution >= 0.6 is 0 Å². The SMILES string of the molecule is O=Cc1ccc2c(ccn2CC2CCC2)c1. The van der Waals surface area contributed by atoms with E-state index in [9.17, 15) is 4.79 Å². The molecule has 0 unspecified atom stereocenters. The molecule has 2 aromatic rings. The van der Waals surface area contributed by atoms with Gasteiger partial charge in [0.25, 0.3) is 0 Å². The second kappa shape index (κ2) is 3.78. The van der Waals surface area contributed by atoms with E-state index in [0.29, 0.717) is 0 Å². The van der Waals surface area contributed by atoms with E-state index in [2.05, 4.69) is 22.9 Å². The lowest BCUT2D eigenvalue weighted by molar-refractivity contribution is 0.112. The second-order valence-electron chi connectivity index (χ2n) is 4.70. The third kappa shape index (κ3) is 1.54. The van der Waals surface area contributed by atoms with Crippen LogP contribution in [-0.2, 0) is 6.54 Å². The number of aromatic nitrogens is 1. The number of fused-ring (bicyclic) bond motifs is 1. The summed E-state index contributed by atoms with van der Waals surface area (Å²) in [6.07, 6.45) is 7.16. The van der Waals surface area contributed by atoms with Gasteiger partial charge in [0, 0.05) is 29.2 Å². The fraction of sp³-hybridized carbons (Fsp3) is 0.357. The Balaban J connectivity index is 1.96.